The van der Waals surface area contributed by atoms with E-state index in [9.17, 15) is 5.11 Å². The number of phenols is 1. The first kappa shape index (κ1) is 7.47. The van der Waals surface area contributed by atoms with Crippen molar-refractivity contribution in [2.45, 2.75) is 6.42 Å². The van der Waals surface area contributed by atoms with Gasteiger partial charge in [0.25, 0.3) is 0 Å². The largest absolute Gasteiger partial charge is 0.504 e. The third-order valence-corrected chi connectivity index (χ3v) is 1.57. The quantitative estimate of drug-likeness (QED) is 0.785. The molecule has 0 bridgehead atoms. The van der Waals surface area contributed by atoms with E-state index >= 15 is 0 Å². The summed E-state index contributed by atoms with van der Waals surface area (Å²) >= 11 is 0. The fraction of sp³-hybridized carbons (Fsp3) is 0.333. The highest BCUT2D eigenvalue weighted by molar-refractivity contribution is 5.85. The monoisotopic (exact) mass is 206 g/mol. The van der Waals surface area contributed by atoms with Crippen molar-refractivity contribution in [3.8, 4) is 11.5 Å². The molecule has 0 unspecified atom stereocenters. The predicted octanol–water partition coefficient (Wildman–Crippen LogP) is 1.32. The molecule has 13 heavy (non-hydrogen) atoms. The molecule has 0 radical (unpaired) electrons. The van der Waals surface area contributed by atoms with E-state index in [1.165, 1.54) is 12.1 Å². The maximum absolute atomic E-state index is 9.36. The second-order valence-electron chi connectivity index (χ2n) is 2.44. The molecule has 1 rings (SSSR count). The van der Waals surface area contributed by atoms with Crippen molar-refractivity contribution in [2.75, 3.05) is 13.6 Å². The van der Waals surface area contributed by atoms with Gasteiger partial charge >= 0.3 is 0 Å². The Morgan fingerprint density at radius 3 is 3.00 bits per heavy atom. The zero-order valence-electron chi connectivity index (χ0n) is 9.99. The number of hydrogen-bond donors (Lipinski definition) is 2. The van der Waals surface area contributed by atoms with Crippen LogP contribution in [0.25, 0.3) is 0 Å². The van der Waals surface area contributed by atoms with E-state index in [0.29, 0.717) is 13.0 Å². The van der Waals surface area contributed by atoms with E-state index in [4.69, 9.17) is 9.85 Å². The summed E-state index contributed by atoms with van der Waals surface area (Å²) in [7, 11) is -2.56. The second kappa shape index (κ2) is 5.67. The van der Waals surface area contributed by atoms with Gasteiger partial charge in [-0.25, -0.2) is 0 Å². The molecule has 0 aliphatic heterocycles. The van der Waals surface area contributed by atoms with Crippen molar-refractivity contribution in [2.24, 2.45) is 5.73 Å². The van der Waals surface area contributed by atoms with Crippen molar-refractivity contribution in [1.29, 1.82) is 0 Å². The van der Waals surface area contributed by atoms with Crippen LogP contribution in [0.1, 0.15) is 9.68 Å². The summed E-state index contributed by atoms with van der Waals surface area (Å²) in [6, 6.07) is 4.55. The van der Waals surface area contributed by atoms with Crippen LogP contribution in [0.3, 0.4) is 0 Å². The lowest BCUT2D eigenvalue weighted by atomic mass is 10.1. The average molecular weight is 207 g/mol. The molecular formula is C9H14ClNO2. The van der Waals surface area contributed by atoms with E-state index in [1.807, 2.05) is 0 Å². The molecule has 74 valence electrons. The molecule has 0 heterocycles. The first-order valence-corrected chi connectivity index (χ1v) is 3.63. The van der Waals surface area contributed by atoms with Crippen molar-refractivity contribution in [3.63, 3.8) is 0 Å². The molecule has 0 amide bonds. The number of ether oxygens (including phenoxy) is 1. The lowest BCUT2D eigenvalue weighted by Gasteiger charge is -2.05. The van der Waals surface area contributed by atoms with Crippen LogP contribution < -0.4 is 10.5 Å². The fourth-order valence-corrected chi connectivity index (χ4v) is 0.962. The molecule has 0 saturated heterocycles. The third-order valence-electron chi connectivity index (χ3n) is 1.57. The van der Waals surface area contributed by atoms with Gasteiger partial charge < -0.3 is 15.6 Å². The number of hydrogen-bond acceptors (Lipinski definition) is 3. The van der Waals surface area contributed by atoms with Gasteiger partial charge in [0.2, 0.25) is 0 Å². The van der Waals surface area contributed by atoms with Crippen LogP contribution in [0.5, 0.6) is 11.5 Å². The normalized spacial score (nSPS) is 13.5. The molecule has 0 atom stereocenters. The summed E-state index contributed by atoms with van der Waals surface area (Å²) in [4.78, 5) is 0. The van der Waals surface area contributed by atoms with Gasteiger partial charge in [-0.15, -0.1) is 12.4 Å². The predicted molar refractivity (Wildman–Crippen MR) is 54.7 cm³/mol. The zero-order valence-corrected chi connectivity index (χ0v) is 7.80. The van der Waals surface area contributed by atoms with Crippen LogP contribution in [0.2, 0.25) is 0 Å². The second-order valence-corrected chi connectivity index (χ2v) is 2.44. The van der Waals surface area contributed by atoms with Crippen LogP contribution in [0, 0.1) is 0 Å². The summed E-state index contributed by atoms with van der Waals surface area (Å²) < 4.78 is 25.4. The van der Waals surface area contributed by atoms with E-state index in [0.717, 1.165) is 5.56 Å². The molecule has 3 nitrogen and oxygen atoms in total. The Bertz CT molecular complexity index is 344. The van der Waals surface area contributed by atoms with Gasteiger partial charge in [0.15, 0.2) is 11.5 Å². The number of benzene rings is 1. The van der Waals surface area contributed by atoms with E-state index in [2.05, 4.69) is 4.74 Å². The highest BCUT2D eigenvalue weighted by atomic mass is 35.5. The van der Waals surface area contributed by atoms with Gasteiger partial charge in [-0.2, -0.15) is 0 Å². The molecule has 1 aromatic rings. The Morgan fingerprint density at radius 2 is 2.38 bits per heavy atom. The number of halogens is 1. The molecule has 0 aliphatic rings. The number of phenolic OH excluding ortho intramolecular Hbond substituents is 1. The maximum Gasteiger partial charge on any atom is 0.160 e. The third kappa shape index (κ3) is 3.13. The van der Waals surface area contributed by atoms with E-state index in [-0.39, 0.29) is 23.9 Å². The Morgan fingerprint density at radius 1 is 1.62 bits per heavy atom. The van der Waals surface area contributed by atoms with Crippen LogP contribution in [0.4, 0.5) is 0 Å². The van der Waals surface area contributed by atoms with Gasteiger partial charge in [0, 0.05) is 0 Å². The van der Waals surface area contributed by atoms with E-state index < -0.39 is 7.04 Å². The van der Waals surface area contributed by atoms with Crippen molar-refractivity contribution in [3.05, 3.63) is 23.8 Å². The number of rotatable bonds is 3. The standard InChI is InChI=1S/C9H13NO2.ClH/c1-12-9-6-7(4-5-10)2-3-8(9)11;/h2-3,6,11H,4-5,10H2,1H3;1H/i1D3;. The highest BCUT2D eigenvalue weighted by Gasteiger charge is 2.00. The topological polar surface area (TPSA) is 55.5 Å². The van der Waals surface area contributed by atoms with Crippen molar-refractivity contribution in [1.82, 2.24) is 0 Å². The minimum Gasteiger partial charge on any atom is -0.504 e. The van der Waals surface area contributed by atoms with Crippen molar-refractivity contribution < 1.29 is 14.0 Å². The highest BCUT2D eigenvalue weighted by Crippen LogP contribution is 2.26. The van der Waals surface area contributed by atoms with E-state index in [1.54, 1.807) is 6.07 Å². The molecule has 4 heteroatoms. The minimum atomic E-state index is -2.56. The number of aromatic hydroxyl groups is 1. The lowest BCUT2D eigenvalue weighted by Crippen LogP contribution is -2.02. The summed E-state index contributed by atoms with van der Waals surface area (Å²) in [5, 5.41) is 9.36. The van der Waals surface area contributed by atoms with Crippen LogP contribution in [-0.4, -0.2) is 18.7 Å². The Kier molecular flexibility index (Phi) is 3.26. The fourth-order valence-electron chi connectivity index (χ4n) is 0.962. The molecule has 0 spiro atoms. The molecule has 0 aromatic heterocycles. The first-order chi connectivity index (χ1) is 6.92. The Hall–Kier alpha value is -0.930. The molecule has 1 aromatic carbocycles. The minimum absolute atomic E-state index is 0. The number of nitrogens with two attached hydrogens (primary N) is 1. The average Bonchev–Trinajstić information content (AvgIpc) is 2.09. The summed E-state index contributed by atoms with van der Waals surface area (Å²) in [6.45, 7) is 0.456. The van der Waals surface area contributed by atoms with Crippen molar-refractivity contribution >= 4 is 12.4 Å². The molecule has 0 saturated carbocycles. The molecule has 0 fully saturated rings. The van der Waals surface area contributed by atoms with Gasteiger partial charge in [-0.3, -0.25) is 0 Å². The number of methoxy groups -OCH3 is 1. The van der Waals surface area contributed by atoms with Gasteiger partial charge in [0.05, 0.1) is 11.2 Å². The maximum atomic E-state index is 9.36. The smallest absolute Gasteiger partial charge is 0.160 e. The summed E-state index contributed by atoms with van der Waals surface area (Å²) in [5.41, 5.74) is 6.19. The Balaban J connectivity index is 0.00000225. The van der Waals surface area contributed by atoms with Crippen LogP contribution in [0.15, 0.2) is 18.2 Å². The molecule has 0 aliphatic carbocycles. The van der Waals surface area contributed by atoms with Crippen LogP contribution in [-0.2, 0) is 6.42 Å². The summed E-state index contributed by atoms with van der Waals surface area (Å²) in [5.74, 6) is -0.229. The molecule has 3 N–H and O–H groups in total. The lowest BCUT2D eigenvalue weighted by molar-refractivity contribution is 0.373. The Labute approximate surface area is 88.1 Å². The zero-order chi connectivity index (χ0) is 11.5. The summed E-state index contributed by atoms with van der Waals surface area (Å²) in [6.07, 6.45) is 0.609. The van der Waals surface area contributed by atoms with Gasteiger partial charge in [-0.05, 0) is 30.7 Å². The van der Waals surface area contributed by atoms with Gasteiger partial charge in [-0.1, -0.05) is 6.07 Å². The molecular weight excluding hydrogens is 190 g/mol. The SMILES string of the molecule is Cl.[2H]C([2H])([2H])Oc1cc(CCN)ccc1O. The van der Waals surface area contributed by atoms with Gasteiger partial charge in [0.1, 0.15) is 0 Å². The van der Waals surface area contributed by atoms with Crippen LogP contribution >= 0.6 is 12.4 Å². The first-order valence-electron chi connectivity index (χ1n) is 5.13.